The van der Waals surface area contributed by atoms with Crippen molar-refractivity contribution in [1.82, 2.24) is 14.9 Å². The molecule has 34 heavy (non-hydrogen) atoms. The first-order chi connectivity index (χ1) is 16.3. The number of ether oxygens (including phenoxy) is 1. The van der Waals surface area contributed by atoms with Gasteiger partial charge in [0.05, 0.1) is 12.0 Å². The Labute approximate surface area is 201 Å². The summed E-state index contributed by atoms with van der Waals surface area (Å²) in [4.78, 5) is 24.6. The molecule has 184 valence electrons. The topological polar surface area (TPSA) is 105 Å². The number of carbonyl (C=O) groups excluding carboxylic acids is 2. The first-order valence-electron chi connectivity index (χ1n) is 11.6. The molecule has 1 saturated heterocycles. The van der Waals surface area contributed by atoms with Crippen molar-refractivity contribution in [3.05, 3.63) is 59.7 Å². The highest BCUT2D eigenvalue weighted by molar-refractivity contribution is 7.89. The summed E-state index contributed by atoms with van der Waals surface area (Å²) in [6.07, 6.45) is 3.52. The molecule has 0 aromatic heterocycles. The number of hydrogen-bond acceptors (Lipinski definition) is 5. The molecule has 2 aromatic carbocycles. The lowest BCUT2D eigenvalue weighted by Gasteiger charge is -2.34. The lowest BCUT2D eigenvalue weighted by atomic mass is 10.0. The first-order valence-corrected chi connectivity index (χ1v) is 13.0. The van der Waals surface area contributed by atoms with Gasteiger partial charge >= 0.3 is 11.8 Å². The van der Waals surface area contributed by atoms with E-state index in [0.717, 1.165) is 36.1 Å². The van der Waals surface area contributed by atoms with Crippen LogP contribution in [0.5, 0.6) is 5.75 Å². The van der Waals surface area contributed by atoms with Crippen LogP contribution in [0.3, 0.4) is 0 Å². The molecule has 2 aromatic rings. The van der Waals surface area contributed by atoms with E-state index in [-0.39, 0.29) is 17.5 Å². The maximum absolute atomic E-state index is 13.2. The Morgan fingerprint density at radius 3 is 2.26 bits per heavy atom. The lowest BCUT2D eigenvalue weighted by molar-refractivity contribution is -0.139. The second-order valence-electron chi connectivity index (χ2n) is 8.48. The summed E-state index contributed by atoms with van der Waals surface area (Å²) in [6, 6.07) is 14.1. The van der Waals surface area contributed by atoms with E-state index >= 15 is 0 Å². The van der Waals surface area contributed by atoms with E-state index in [0.29, 0.717) is 25.9 Å². The third-order valence-electron chi connectivity index (χ3n) is 6.03. The fraction of sp³-hybridized carbons (Fsp3) is 0.440. The first kappa shape index (κ1) is 25.7. The minimum atomic E-state index is -3.60. The Morgan fingerprint density at radius 1 is 0.971 bits per heavy atom. The van der Waals surface area contributed by atoms with E-state index in [4.69, 9.17) is 4.74 Å². The van der Waals surface area contributed by atoms with Gasteiger partial charge in [0.2, 0.25) is 10.0 Å². The fourth-order valence-electron chi connectivity index (χ4n) is 4.05. The number of nitrogens with one attached hydrogen (secondary N) is 2. The van der Waals surface area contributed by atoms with E-state index < -0.39 is 21.8 Å². The van der Waals surface area contributed by atoms with Crippen LogP contribution >= 0.6 is 0 Å². The van der Waals surface area contributed by atoms with E-state index in [1.54, 1.807) is 35.7 Å². The number of methoxy groups -OCH3 is 1. The summed E-state index contributed by atoms with van der Waals surface area (Å²) >= 11 is 0. The number of carbonyl (C=O) groups is 2. The number of hydrogen-bond donors (Lipinski definition) is 2. The number of sulfonamides is 1. The molecule has 2 N–H and O–H groups in total. The maximum Gasteiger partial charge on any atom is 0.309 e. The summed E-state index contributed by atoms with van der Waals surface area (Å²) in [6.45, 7) is 2.94. The molecule has 3 rings (SSSR count). The van der Waals surface area contributed by atoms with Gasteiger partial charge in [-0.05, 0) is 62.4 Å². The van der Waals surface area contributed by atoms with Crippen LogP contribution in [0.2, 0.25) is 0 Å². The van der Waals surface area contributed by atoms with Crippen molar-refractivity contribution in [3.8, 4) is 5.75 Å². The third-order valence-corrected chi connectivity index (χ3v) is 7.99. The third kappa shape index (κ3) is 6.80. The fourth-order valence-corrected chi connectivity index (χ4v) is 5.77. The Bertz CT molecular complexity index is 1070. The molecule has 0 spiro atoms. The number of rotatable bonds is 9. The highest BCUT2D eigenvalue weighted by Crippen LogP contribution is 2.27. The molecule has 1 heterocycles. The average Bonchev–Trinajstić information content (AvgIpc) is 2.85. The van der Waals surface area contributed by atoms with Gasteiger partial charge in [0.15, 0.2) is 0 Å². The molecule has 2 amide bonds. The molecule has 0 radical (unpaired) electrons. The second kappa shape index (κ2) is 12.0. The van der Waals surface area contributed by atoms with Crippen LogP contribution in [0, 0.1) is 6.92 Å². The lowest BCUT2D eigenvalue weighted by Crippen LogP contribution is -2.46. The van der Waals surface area contributed by atoms with Gasteiger partial charge in [-0.3, -0.25) is 9.59 Å². The Morgan fingerprint density at radius 2 is 1.62 bits per heavy atom. The molecular formula is C25H33N3O5S. The van der Waals surface area contributed by atoms with Gasteiger partial charge in [-0.2, -0.15) is 4.31 Å². The Balaban J connectivity index is 1.46. The smallest absolute Gasteiger partial charge is 0.309 e. The predicted molar refractivity (Wildman–Crippen MR) is 130 cm³/mol. The Hall–Kier alpha value is -2.91. The number of aryl methyl sites for hydroxylation is 1. The standard InChI is InChI=1S/C25H33N3O5S/c1-19-6-12-23(13-7-19)34(31,32)28-18-4-3-5-21(28)15-17-27-25(30)24(29)26-16-14-20-8-10-22(33-2)11-9-20/h6-13,21H,3-5,14-18H2,1-2H3,(H,26,29)(H,27,30). The van der Waals surface area contributed by atoms with Crippen LogP contribution in [0.25, 0.3) is 0 Å². The van der Waals surface area contributed by atoms with Crippen LogP contribution in [-0.4, -0.2) is 57.3 Å². The highest BCUT2D eigenvalue weighted by Gasteiger charge is 2.33. The summed E-state index contributed by atoms with van der Waals surface area (Å²) < 4.78 is 33.0. The van der Waals surface area contributed by atoms with Gasteiger partial charge in [-0.25, -0.2) is 8.42 Å². The molecular weight excluding hydrogens is 454 g/mol. The quantitative estimate of drug-likeness (QED) is 0.529. The summed E-state index contributed by atoms with van der Waals surface area (Å²) in [5.41, 5.74) is 2.02. The molecule has 1 aliphatic heterocycles. The maximum atomic E-state index is 13.2. The van der Waals surface area contributed by atoms with Gasteiger partial charge in [0, 0.05) is 25.7 Å². The van der Waals surface area contributed by atoms with Crippen molar-refractivity contribution in [1.29, 1.82) is 0 Å². The number of piperidine rings is 1. The van der Waals surface area contributed by atoms with Gasteiger partial charge in [0.25, 0.3) is 0 Å². The molecule has 1 aliphatic rings. The molecule has 1 unspecified atom stereocenters. The molecule has 0 bridgehead atoms. The van der Waals surface area contributed by atoms with Gasteiger partial charge in [-0.1, -0.05) is 36.2 Å². The Kier molecular flexibility index (Phi) is 9.06. The molecule has 8 nitrogen and oxygen atoms in total. The molecule has 1 atom stereocenters. The monoisotopic (exact) mass is 487 g/mol. The van der Waals surface area contributed by atoms with Crippen molar-refractivity contribution in [2.75, 3.05) is 26.7 Å². The van der Waals surface area contributed by atoms with Gasteiger partial charge < -0.3 is 15.4 Å². The van der Waals surface area contributed by atoms with E-state index in [1.165, 1.54) is 0 Å². The van der Waals surface area contributed by atoms with Crippen LogP contribution in [0.15, 0.2) is 53.4 Å². The number of benzene rings is 2. The van der Waals surface area contributed by atoms with E-state index in [2.05, 4.69) is 10.6 Å². The highest BCUT2D eigenvalue weighted by atomic mass is 32.2. The SMILES string of the molecule is COc1ccc(CCNC(=O)C(=O)NCCC2CCCCN2S(=O)(=O)c2ccc(C)cc2)cc1. The minimum Gasteiger partial charge on any atom is -0.497 e. The summed E-state index contributed by atoms with van der Waals surface area (Å²) in [7, 11) is -2.00. The molecule has 9 heteroatoms. The normalized spacial score (nSPS) is 16.6. The largest absolute Gasteiger partial charge is 0.497 e. The van der Waals surface area contributed by atoms with Crippen molar-refractivity contribution in [2.45, 2.75) is 50.0 Å². The van der Waals surface area contributed by atoms with Crippen molar-refractivity contribution in [2.24, 2.45) is 0 Å². The van der Waals surface area contributed by atoms with Crippen LogP contribution in [0.4, 0.5) is 0 Å². The van der Waals surface area contributed by atoms with Crippen LogP contribution in [0.1, 0.15) is 36.8 Å². The summed E-state index contributed by atoms with van der Waals surface area (Å²) in [5, 5.41) is 5.24. The van der Waals surface area contributed by atoms with Crippen LogP contribution in [-0.2, 0) is 26.0 Å². The zero-order chi connectivity index (χ0) is 24.6. The summed E-state index contributed by atoms with van der Waals surface area (Å²) in [5.74, 6) is -0.643. The zero-order valence-electron chi connectivity index (χ0n) is 19.7. The molecule has 0 aliphatic carbocycles. The van der Waals surface area contributed by atoms with Crippen molar-refractivity contribution < 1.29 is 22.7 Å². The van der Waals surface area contributed by atoms with E-state index in [1.807, 2.05) is 31.2 Å². The average molecular weight is 488 g/mol. The van der Waals surface area contributed by atoms with Crippen molar-refractivity contribution in [3.63, 3.8) is 0 Å². The minimum absolute atomic E-state index is 0.210. The zero-order valence-corrected chi connectivity index (χ0v) is 20.6. The second-order valence-corrected chi connectivity index (χ2v) is 10.4. The van der Waals surface area contributed by atoms with E-state index in [9.17, 15) is 18.0 Å². The van der Waals surface area contributed by atoms with Gasteiger partial charge in [-0.15, -0.1) is 0 Å². The van der Waals surface area contributed by atoms with Gasteiger partial charge in [0.1, 0.15) is 5.75 Å². The predicted octanol–water partition coefficient (Wildman–Crippen LogP) is 2.41. The molecule has 0 saturated carbocycles. The number of amides is 2. The molecule has 1 fully saturated rings. The van der Waals surface area contributed by atoms with Crippen LogP contribution < -0.4 is 15.4 Å². The van der Waals surface area contributed by atoms with Crippen molar-refractivity contribution >= 4 is 21.8 Å². The number of nitrogens with zero attached hydrogens (tertiary/aromatic N) is 1.